The number of nitrogens with zero attached hydrogens (tertiary/aromatic N) is 2. The van der Waals surface area contributed by atoms with Gasteiger partial charge in [0.05, 0.1) is 5.54 Å². The van der Waals surface area contributed by atoms with Crippen molar-refractivity contribution < 1.29 is 4.79 Å². The molecule has 0 radical (unpaired) electrons. The molecule has 1 saturated heterocycles. The van der Waals surface area contributed by atoms with Crippen LogP contribution in [0.1, 0.15) is 27.7 Å². The second-order valence-corrected chi connectivity index (χ2v) is 5.31. The molecule has 1 heterocycles. The quantitative estimate of drug-likeness (QED) is 0.764. The zero-order chi connectivity index (χ0) is 12.3. The molecule has 4 nitrogen and oxygen atoms in total. The Morgan fingerprint density at radius 3 is 2.25 bits per heavy atom. The zero-order valence-electron chi connectivity index (χ0n) is 11.2. The summed E-state index contributed by atoms with van der Waals surface area (Å²) in [6.45, 7) is 12.0. The molecule has 1 fully saturated rings. The molecule has 1 aliphatic heterocycles. The van der Waals surface area contributed by atoms with Crippen LogP contribution < -0.4 is 5.32 Å². The number of rotatable bonds is 3. The molecular weight excluding hydrogens is 202 g/mol. The monoisotopic (exact) mass is 227 g/mol. The lowest BCUT2D eigenvalue weighted by Gasteiger charge is -2.42. The van der Waals surface area contributed by atoms with Crippen molar-refractivity contribution in [2.45, 2.75) is 39.3 Å². The molecule has 1 N–H and O–H groups in total. The SMILES string of the molecule is CC(C)N(C)C(=O)C(C)(C)N1CCNCC1. The first-order chi connectivity index (χ1) is 7.37. The summed E-state index contributed by atoms with van der Waals surface area (Å²) in [5.74, 6) is 0.212. The Hall–Kier alpha value is -0.610. The summed E-state index contributed by atoms with van der Waals surface area (Å²) in [7, 11) is 1.89. The van der Waals surface area contributed by atoms with Gasteiger partial charge in [0.25, 0.3) is 0 Å². The molecule has 1 rings (SSSR count). The molecule has 94 valence electrons. The van der Waals surface area contributed by atoms with Crippen LogP contribution in [0, 0.1) is 0 Å². The van der Waals surface area contributed by atoms with E-state index >= 15 is 0 Å². The van der Waals surface area contributed by atoms with Crippen molar-refractivity contribution in [1.82, 2.24) is 15.1 Å². The van der Waals surface area contributed by atoms with E-state index in [4.69, 9.17) is 0 Å². The number of hydrogen-bond donors (Lipinski definition) is 1. The van der Waals surface area contributed by atoms with Gasteiger partial charge in [0.1, 0.15) is 0 Å². The third-order valence-electron chi connectivity index (χ3n) is 3.53. The smallest absolute Gasteiger partial charge is 0.242 e. The molecule has 0 bridgehead atoms. The number of likely N-dealkylation sites (N-methyl/N-ethyl adjacent to an activating group) is 1. The molecule has 0 unspecified atom stereocenters. The molecule has 1 amide bonds. The minimum Gasteiger partial charge on any atom is -0.342 e. The zero-order valence-corrected chi connectivity index (χ0v) is 11.2. The molecule has 16 heavy (non-hydrogen) atoms. The van der Waals surface area contributed by atoms with Gasteiger partial charge >= 0.3 is 0 Å². The number of piperazine rings is 1. The van der Waals surface area contributed by atoms with Crippen molar-refractivity contribution >= 4 is 5.91 Å². The molecule has 0 spiro atoms. The summed E-state index contributed by atoms with van der Waals surface area (Å²) in [5, 5.41) is 3.31. The first kappa shape index (κ1) is 13.5. The highest BCUT2D eigenvalue weighted by Crippen LogP contribution is 2.18. The summed E-state index contributed by atoms with van der Waals surface area (Å²) in [6, 6.07) is 0.259. The third kappa shape index (κ3) is 2.74. The minimum atomic E-state index is -0.388. The fourth-order valence-corrected chi connectivity index (χ4v) is 2.03. The summed E-state index contributed by atoms with van der Waals surface area (Å²) < 4.78 is 0. The fraction of sp³-hybridized carbons (Fsp3) is 0.917. The van der Waals surface area contributed by atoms with Crippen molar-refractivity contribution in [1.29, 1.82) is 0 Å². The molecule has 0 saturated carbocycles. The molecule has 0 aromatic rings. The van der Waals surface area contributed by atoms with Gasteiger partial charge in [-0.2, -0.15) is 0 Å². The Labute approximate surface area is 99.0 Å². The van der Waals surface area contributed by atoms with E-state index < -0.39 is 0 Å². The second kappa shape index (κ2) is 5.15. The number of carbonyl (C=O) groups is 1. The Morgan fingerprint density at radius 2 is 1.81 bits per heavy atom. The van der Waals surface area contributed by atoms with E-state index in [0.717, 1.165) is 26.2 Å². The van der Waals surface area contributed by atoms with Gasteiger partial charge in [-0.05, 0) is 27.7 Å². The lowest BCUT2D eigenvalue weighted by molar-refractivity contribution is -0.143. The standard InChI is InChI=1S/C12H25N3O/c1-10(2)14(5)11(16)12(3,4)15-8-6-13-7-9-15/h10,13H,6-9H2,1-5H3. The third-order valence-corrected chi connectivity index (χ3v) is 3.53. The van der Waals surface area contributed by atoms with Crippen LogP contribution in [0.3, 0.4) is 0 Å². The van der Waals surface area contributed by atoms with E-state index in [9.17, 15) is 4.79 Å². The molecular formula is C12H25N3O. The van der Waals surface area contributed by atoms with Crippen LogP contribution in [0.5, 0.6) is 0 Å². The Bertz CT molecular complexity index is 245. The van der Waals surface area contributed by atoms with Crippen molar-refractivity contribution in [2.75, 3.05) is 33.2 Å². The maximum Gasteiger partial charge on any atom is 0.242 e. The average molecular weight is 227 g/mol. The van der Waals surface area contributed by atoms with E-state index in [1.165, 1.54) is 0 Å². The van der Waals surface area contributed by atoms with Crippen LogP contribution in [0.25, 0.3) is 0 Å². The molecule has 4 heteroatoms. The van der Waals surface area contributed by atoms with Crippen LogP contribution >= 0.6 is 0 Å². The number of amides is 1. The Kier molecular flexibility index (Phi) is 4.33. The van der Waals surface area contributed by atoms with Crippen LogP contribution in [0.15, 0.2) is 0 Å². The molecule has 1 aliphatic rings. The van der Waals surface area contributed by atoms with Crippen LogP contribution in [0.2, 0.25) is 0 Å². The lowest BCUT2D eigenvalue weighted by atomic mass is 9.99. The topological polar surface area (TPSA) is 35.6 Å². The number of carbonyl (C=O) groups excluding carboxylic acids is 1. The predicted octanol–water partition coefficient (Wildman–Crippen LogP) is 0.537. The highest BCUT2D eigenvalue weighted by molar-refractivity contribution is 5.85. The predicted molar refractivity (Wildman–Crippen MR) is 66.4 cm³/mol. The van der Waals surface area contributed by atoms with Gasteiger partial charge in [-0.15, -0.1) is 0 Å². The van der Waals surface area contributed by atoms with Crippen LogP contribution in [-0.4, -0.2) is 60.5 Å². The fourth-order valence-electron chi connectivity index (χ4n) is 2.03. The van der Waals surface area contributed by atoms with Gasteiger partial charge in [-0.25, -0.2) is 0 Å². The van der Waals surface area contributed by atoms with E-state index in [2.05, 4.69) is 10.2 Å². The van der Waals surface area contributed by atoms with Crippen LogP contribution in [-0.2, 0) is 4.79 Å². The van der Waals surface area contributed by atoms with Gasteiger partial charge in [0.15, 0.2) is 0 Å². The number of hydrogen-bond acceptors (Lipinski definition) is 3. The van der Waals surface area contributed by atoms with Gasteiger partial charge < -0.3 is 10.2 Å². The van der Waals surface area contributed by atoms with Crippen LogP contribution in [0.4, 0.5) is 0 Å². The summed E-state index contributed by atoms with van der Waals surface area (Å²) >= 11 is 0. The van der Waals surface area contributed by atoms with Gasteiger partial charge in [-0.1, -0.05) is 0 Å². The van der Waals surface area contributed by atoms with E-state index in [-0.39, 0.29) is 17.5 Å². The Balaban J connectivity index is 2.71. The largest absolute Gasteiger partial charge is 0.342 e. The highest BCUT2D eigenvalue weighted by atomic mass is 16.2. The highest BCUT2D eigenvalue weighted by Gasteiger charge is 2.37. The van der Waals surface area contributed by atoms with Crippen molar-refractivity contribution in [3.63, 3.8) is 0 Å². The summed E-state index contributed by atoms with van der Waals surface area (Å²) in [6.07, 6.45) is 0. The number of nitrogens with one attached hydrogen (secondary N) is 1. The minimum absolute atomic E-state index is 0.212. The summed E-state index contributed by atoms with van der Waals surface area (Å²) in [5.41, 5.74) is -0.388. The van der Waals surface area contributed by atoms with Gasteiger partial charge in [0.2, 0.25) is 5.91 Å². The first-order valence-electron chi connectivity index (χ1n) is 6.10. The lowest BCUT2D eigenvalue weighted by Crippen LogP contribution is -2.60. The maximum atomic E-state index is 12.4. The Morgan fingerprint density at radius 1 is 1.31 bits per heavy atom. The first-order valence-corrected chi connectivity index (χ1v) is 6.10. The average Bonchev–Trinajstić information content (AvgIpc) is 2.28. The van der Waals surface area contributed by atoms with Gasteiger partial charge in [0, 0.05) is 39.3 Å². The molecule has 0 aromatic heterocycles. The van der Waals surface area contributed by atoms with E-state index in [0.29, 0.717) is 0 Å². The van der Waals surface area contributed by atoms with Crippen molar-refractivity contribution in [3.05, 3.63) is 0 Å². The van der Waals surface area contributed by atoms with E-state index in [1.54, 1.807) is 0 Å². The van der Waals surface area contributed by atoms with Gasteiger partial charge in [-0.3, -0.25) is 9.69 Å². The molecule has 0 aromatic carbocycles. The van der Waals surface area contributed by atoms with E-state index in [1.807, 2.05) is 39.6 Å². The molecule has 0 atom stereocenters. The normalized spacial score (nSPS) is 18.9. The van der Waals surface area contributed by atoms with Crippen molar-refractivity contribution in [2.24, 2.45) is 0 Å². The molecule has 0 aliphatic carbocycles. The van der Waals surface area contributed by atoms with Crippen molar-refractivity contribution in [3.8, 4) is 0 Å². The second-order valence-electron chi connectivity index (χ2n) is 5.31. The maximum absolute atomic E-state index is 12.4. The summed E-state index contributed by atoms with van der Waals surface area (Å²) in [4.78, 5) is 16.5.